The van der Waals surface area contributed by atoms with Gasteiger partial charge in [-0.1, -0.05) is 61.7 Å². The van der Waals surface area contributed by atoms with Crippen molar-refractivity contribution in [2.24, 2.45) is 0 Å². The van der Waals surface area contributed by atoms with Gasteiger partial charge in [-0.3, -0.25) is 4.79 Å². The molecule has 0 amide bonds. The van der Waals surface area contributed by atoms with Gasteiger partial charge in [-0.05, 0) is 24.3 Å². The molecule has 0 aliphatic carbocycles. The first-order valence-electron chi connectivity index (χ1n) is 5.43. The third-order valence-electron chi connectivity index (χ3n) is 2.43. The van der Waals surface area contributed by atoms with Gasteiger partial charge in [0.25, 0.3) is 0 Å². The minimum absolute atomic E-state index is 0.0516. The molecule has 0 fully saturated rings. The van der Waals surface area contributed by atoms with Gasteiger partial charge in [0.1, 0.15) is 5.75 Å². The molecule has 2 aromatic rings. The fourth-order valence-corrected chi connectivity index (χ4v) is 2.73. The van der Waals surface area contributed by atoms with E-state index in [1.807, 2.05) is 24.3 Å². The van der Waals surface area contributed by atoms with Crippen molar-refractivity contribution in [1.29, 1.82) is 0 Å². The fraction of sp³-hybridized carbons (Fsp3) is 0.0714. The van der Waals surface area contributed by atoms with Crippen molar-refractivity contribution in [3.05, 3.63) is 62.0 Å². The van der Waals surface area contributed by atoms with Crippen molar-refractivity contribution >= 4 is 49.2 Å². The van der Waals surface area contributed by atoms with Crippen molar-refractivity contribution < 1.29 is 9.53 Å². The molecule has 0 spiro atoms. The van der Waals surface area contributed by atoms with Crippen LogP contribution in [0.3, 0.4) is 0 Å². The highest BCUT2D eigenvalue weighted by molar-refractivity contribution is 9.10. The number of hydrogen-bond donors (Lipinski definition) is 0. The second-order valence-electron chi connectivity index (χ2n) is 3.77. The summed E-state index contributed by atoms with van der Waals surface area (Å²) in [5.41, 5.74) is 0.593. The lowest BCUT2D eigenvalue weighted by Crippen LogP contribution is -2.12. The van der Waals surface area contributed by atoms with Gasteiger partial charge >= 0.3 is 0 Å². The Balaban J connectivity index is 2.07. The maximum atomic E-state index is 12.0. The maximum absolute atomic E-state index is 12.0. The zero-order chi connectivity index (χ0) is 13.8. The summed E-state index contributed by atoms with van der Waals surface area (Å²) >= 11 is 12.7. The zero-order valence-corrected chi connectivity index (χ0v) is 13.6. The Morgan fingerprint density at radius 3 is 2.58 bits per heavy atom. The number of ether oxygens (including phenoxy) is 1. The normalized spacial score (nSPS) is 10.3. The van der Waals surface area contributed by atoms with Crippen molar-refractivity contribution in [3.8, 4) is 5.75 Å². The number of carbonyl (C=O) groups excluding carboxylic acids is 1. The van der Waals surface area contributed by atoms with Crippen molar-refractivity contribution in [3.63, 3.8) is 0 Å². The van der Waals surface area contributed by atoms with Gasteiger partial charge in [0.2, 0.25) is 5.78 Å². The van der Waals surface area contributed by atoms with Gasteiger partial charge < -0.3 is 4.74 Å². The number of rotatable bonds is 4. The summed E-state index contributed by atoms with van der Waals surface area (Å²) in [7, 11) is 0. The third kappa shape index (κ3) is 3.81. The highest BCUT2D eigenvalue weighted by Crippen LogP contribution is 2.28. The predicted octanol–water partition coefficient (Wildman–Crippen LogP) is 5.13. The molecule has 0 atom stereocenters. The molecule has 0 saturated carbocycles. The van der Waals surface area contributed by atoms with E-state index in [1.54, 1.807) is 18.2 Å². The van der Waals surface area contributed by atoms with E-state index in [4.69, 9.17) is 16.3 Å². The van der Waals surface area contributed by atoms with Crippen LogP contribution in [0.15, 0.2) is 51.4 Å². The SMILES string of the molecule is O=C(COc1ccc(Br)cc1Cl)c1ccccc1Br. The number of Topliss-reactive ketones (excluding diaryl/α,β-unsaturated/α-hetero) is 1. The number of hydrogen-bond acceptors (Lipinski definition) is 2. The highest BCUT2D eigenvalue weighted by atomic mass is 79.9. The lowest BCUT2D eigenvalue weighted by Gasteiger charge is -2.08. The van der Waals surface area contributed by atoms with Crippen LogP contribution in [0.2, 0.25) is 5.02 Å². The molecule has 19 heavy (non-hydrogen) atoms. The van der Waals surface area contributed by atoms with Crippen LogP contribution in [-0.2, 0) is 0 Å². The molecule has 0 N–H and O–H groups in total. The molecule has 2 nitrogen and oxygen atoms in total. The quantitative estimate of drug-likeness (QED) is 0.661. The molecule has 98 valence electrons. The van der Waals surface area contributed by atoms with Crippen LogP contribution in [0.5, 0.6) is 5.75 Å². The molecule has 0 aromatic heterocycles. The summed E-state index contributed by atoms with van der Waals surface area (Å²) in [6, 6.07) is 12.5. The van der Waals surface area contributed by atoms with Gasteiger partial charge in [-0.2, -0.15) is 0 Å². The molecule has 0 heterocycles. The summed E-state index contributed by atoms with van der Waals surface area (Å²) in [5.74, 6) is 0.386. The smallest absolute Gasteiger partial charge is 0.201 e. The van der Waals surface area contributed by atoms with Crippen LogP contribution < -0.4 is 4.74 Å². The molecular formula is C14H9Br2ClO2. The molecule has 0 radical (unpaired) electrons. The molecule has 2 aromatic carbocycles. The maximum Gasteiger partial charge on any atom is 0.201 e. The van der Waals surface area contributed by atoms with E-state index in [-0.39, 0.29) is 12.4 Å². The van der Waals surface area contributed by atoms with E-state index in [0.29, 0.717) is 16.3 Å². The lowest BCUT2D eigenvalue weighted by molar-refractivity contribution is 0.0921. The first-order valence-corrected chi connectivity index (χ1v) is 7.40. The minimum atomic E-state index is -0.105. The van der Waals surface area contributed by atoms with Gasteiger partial charge in [-0.15, -0.1) is 0 Å². The topological polar surface area (TPSA) is 26.3 Å². The van der Waals surface area contributed by atoms with Crippen LogP contribution in [0.4, 0.5) is 0 Å². The van der Waals surface area contributed by atoms with Gasteiger partial charge in [0.15, 0.2) is 6.61 Å². The third-order valence-corrected chi connectivity index (χ3v) is 3.91. The van der Waals surface area contributed by atoms with Gasteiger partial charge in [-0.25, -0.2) is 0 Å². The summed E-state index contributed by atoms with van der Waals surface area (Å²) in [6.45, 7) is -0.0516. The van der Waals surface area contributed by atoms with E-state index in [2.05, 4.69) is 31.9 Å². The van der Waals surface area contributed by atoms with E-state index in [1.165, 1.54) is 0 Å². The van der Waals surface area contributed by atoms with Crippen LogP contribution >= 0.6 is 43.5 Å². The summed E-state index contributed by atoms with van der Waals surface area (Å²) in [5, 5.41) is 0.467. The van der Waals surface area contributed by atoms with E-state index < -0.39 is 0 Å². The van der Waals surface area contributed by atoms with Crippen molar-refractivity contribution in [1.82, 2.24) is 0 Å². The number of benzene rings is 2. The molecular weight excluding hydrogens is 395 g/mol. The molecule has 5 heteroatoms. The number of ketones is 1. The molecule has 0 saturated heterocycles. The molecule has 2 rings (SSSR count). The molecule has 0 bridgehead atoms. The summed E-state index contributed by atoms with van der Waals surface area (Å²) < 4.78 is 7.06. The molecule has 0 aliphatic rings. The monoisotopic (exact) mass is 402 g/mol. The van der Waals surface area contributed by atoms with Crippen LogP contribution in [-0.4, -0.2) is 12.4 Å². The Bertz CT molecular complexity index is 614. The first-order chi connectivity index (χ1) is 9.08. The average molecular weight is 404 g/mol. The Morgan fingerprint density at radius 2 is 1.89 bits per heavy atom. The molecule has 0 aliphatic heterocycles. The largest absolute Gasteiger partial charge is 0.484 e. The van der Waals surface area contributed by atoms with Gasteiger partial charge in [0, 0.05) is 14.5 Å². The molecule has 0 unspecified atom stereocenters. The van der Waals surface area contributed by atoms with Crippen molar-refractivity contribution in [2.75, 3.05) is 6.61 Å². The fourth-order valence-electron chi connectivity index (χ4n) is 1.50. The second kappa shape index (κ2) is 6.55. The highest BCUT2D eigenvalue weighted by Gasteiger charge is 2.11. The van der Waals surface area contributed by atoms with Crippen LogP contribution in [0, 0.1) is 0 Å². The number of halogens is 3. The van der Waals surface area contributed by atoms with Crippen molar-refractivity contribution in [2.45, 2.75) is 0 Å². The Kier molecular flexibility index (Phi) is 5.02. The Labute approximate surface area is 133 Å². The Hall–Kier alpha value is -0.840. The Morgan fingerprint density at radius 1 is 1.16 bits per heavy atom. The minimum Gasteiger partial charge on any atom is -0.484 e. The number of carbonyl (C=O) groups is 1. The lowest BCUT2D eigenvalue weighted by atomic mass is 10.1. The zero-order valence-electron chi connectivity index (χ0n) is 9.70. The summed E-state index contributed by atoms with van der Waals surface area (Å²) in [6.07, 6.45) is 0. The predicted molar refractivity (Wildman–Crippen MR) is 83.1 cm³/mol. The second-order valence-corrected chi connectivity index (χ2v) is 5.94. The van der Waals surface area contributed by atoms with E-state index in [0.717, 1.165) is 8.95 Å². The van der Waals surface area contributed by atoms with E-state index in [9.17, 15) is 4.79 Å². The van der Waals surface area contributed by atoms with Crippen LogP contribution in [0.25, 0.3) is 0 Å². The van der Waals surface area contributed by atoms with Crippen LogP contribution in [0.1, 0.15) is 10.4 Å². The van der Waals surface area contributed by atoms with E-state index >= 15 is 0 Å². The first kappa shape index (κ1) is 14.6. The average Bonchev–Trinajstić information content (AvgIpc) is 2.38. The summed E-state index contributed by atoms with van der Waals surface area (Å²) in [4.78, 5) is 12.0. The standard InChI is InChI=1S/C14H9Br2ClO2/c15-9-5-6-14(12(17)7-9)19-8-13(18)10-3-1-2-4-11(10)16/h1-7H,8H2. The van der Waals surface area contributed by atoms with Gasteiger partial charge in [0.05, 0.1) is 5.02 Å².